The zero-order valence-corrected chi connectivity index (χ0v) is 27.9. The van der Waals surface area contributed by atoms with Gasteiger partial charge in [-0.3, -0.25) is 20.0 Å². The Hall–Kier alpha value is -4.72. The molecular formula is C36H26F6IN5. The van der Waals surface area contributed by atoms with Crippen molar-refractivity contribution in [1.29, 1.82) is 0 Å². The van der Waals surface area contributed by atoms with Crippen molar-refractivity contribution in [3.8, 4) is 11.1 Å². The van der Waals surface area contributed by atoms with Gasteiger partial charge < -0.3 is 0 Å². The molecule has 0 radical (unpaired) electrons. The van der Waals surface area contributed by atoms with Crippen molar-refractivity contribution in [3.05, 3.63) is 135 Å². The van der Waals surface area contributed by atoms with Gasteiger partial charge in [-0.05, 0) is 145 Å². The van der Waals surface area contributed by atoms with E-state index in [9.17, 15) is 26.3 Å². The second-order valence-corrected chi connectivity index (χ2v) is 12.0. The molecule has 48 heavy (non-hydrogen) atoms. The van der Waals surface area contributed by atoms with Crippen molar-refractivity contribution < 1.29 is 26.3 Å². The number of pyridine rings is 2. The molecule has 0 atom stereocenters. The van der Waals surface area contributed by atoms with Gasteiger partial charge in [-0.1, -0.05) is 6.07 Å². The molecule has 5 aromatic rings. The number of hydrogen-bond donors (Lipinski definition) is 0. The van der Waals surface area contributed by atoms with Crippen LogP contribution in [0.1, 0.15) is 47.8 Å². The third-order valence-electron chi connectivity index (χ3n) is 7.02. The Morgan fingerprint density at radius 1 is 0.625 bits per heavy atom. The first-order chi connectivity index (χ1) is 22.6. The maximum atomic E-state index is 14.1. The predicted octanol–water partition coefficient (Wildman–Crippen LogP) is 11.1. The number of aliphatic imine (C=N–C) groups is 3. The lowest BCUT2D eigenvalue weighted by Crippen LogP contribution is -2.07. The zero-order chi connectivity index (χ0) is 34.6. The van der Waals surface area contributed by atoms with Crippen molar-refractivity contribution in [2.24, 2.45) is 15.0 Å². The van der Waals surface area contributed by atoms with E-state index < -0.39 is 23.5 Å². The highest BCUT2D eigenvalue weighted by molar-refractivity contribution is 14.1. The van der Waals surface area contributed by atoms with Crippen molar-refractivity contribution in [1.82, 2.24) is 9.97 Å². The van der Waals surface area contributed by atoms with E-state index >= 15 is 0 Å². The normalized spacial score (nSPS) is 13.0. The Labute approximate surface area is 286 Å². The number of aromatic nitrogens is 2. The molecule has 0 bridgehead atoms. The first-order valence-corrected chi connectivity index (χ1v) is 15.5. The molecule has 0 fully saturated rings. The summed E-state index contributed by atoms with van der Waals surface area (Å²) in [7, 11) is 0. The SMILES string of the molecule is CC(=Nc1ccc(I)cc1)c1cc(-c2cc(N=Cc3cccc(C)n3)cc(C(F)(F)F)c2)cc(C(C)=Nc2ccc(C(F)(F)F)cc2)n1. The van der Waals surface area contributed by atoms with E-state index in [-0.39, 0.29) is 16.9 Å². The Bertz CT molecular complexity index is 2030. The molecule has 0 saturated carbocycles. The molecule has 0 aliphatic carbocycles. The average molecular weight is 770 g/mol. The summed E-state index contributed by atoms with van der Waals surface area (Å²) >= 11 is 2.18. The third kappa shape index (κ3) is 9.00. The monoisotopic (exact) mass is 769 g/mol. The largest absolute Gasteiger partial charge is 0.416 e. The molecule has 0 amide bonds. The van der Waals surface area contributed by atoms with Crippen LogP contribution in [-0.2, 0) is 12.4 Å². The lowest BCUT2D eigenvalue weighted by Gasteiger charge is -2.13. The Morgan fingerprint density at radius 3 is 1.71 bits per heavy atom. The van der Waals surface area contributed by atoms with Gasteiger partial charge in [0.15, 0.2) is 0 Å². The summed E-state index contributed by atoms with van der Waals surface area (Å²) in [4.78, 5) is 22.5. The van der Waals surface area contributed by atoms with Gasteiger partial charge in [0, 0.05) is 9.26 Å². The molecule has 0 spiro atoms. The molecule has 12 heteroatoms. The highest BCUT2D eigenvalue weighted by atomic mass is 127. The maximum Gasteiger partial charge on any atom is 0.416 e. The Morgan fingerprint density at radius 2 is 1.17 bits per heavy atom. The number of halogens is 7. The molecule has 5 nitrogen and oxygen atoms in total. The van der Waals surface area contributed by atoms with E-state index in [0.29, 0.717) is 39.8 Å². The van der Waals surface area contributed by atoms with Gasteiger partial charge in [0.2, 0.25) is 0 Å². The minimum atomic E-state index is -4.66. The summed E-state index contributed by atoms with van der Waals surface area (Å²) in [6, 6.07) is 23.7. The summed E-state index contributed by atoms with van der Waals surface area (Å²) in [6.45, 7) is 5.15. The minimum Gasteiger partial charge on any atom is -0.255 e. The van der Waals surface area contributed by atoms with Crippen LogP contribution in [0.2, 0.25) is 0 Å². The van der Waals surface area contributed by atoms with Gasteiger partial charge >= 0.3 is 12.4 Å². The van der Waals surface area contributed by atoms with Crippen molar-refractivity contribution in [2.45, 2.75) is 33.1 Å². The van der Waals surface area contributed by atoms with Crippen LogP contribution in [0.15, 0.2) is 112 Å². The Kier molecular flexibility index (Phi) is 10.2. The van der Waals surface area contributed by atoms with Gasteiger partial charge in [-0.15, -0.1) is 0 Å². The fourth-order valence-corrected chi connectivity index (χ4v) is 4.96. The highest BCUT2D eigenvalue weighted by Crippen LogP contribution is 2.36. The first-order valence-electron chi connectivity index (χ1n) is 14.4. The number of alkyl halides is 6. The van der Waals surface area contributed by atoms with E-state index in [1.54, 1.807) is 51.1 Å². The summed E-state index contributed by atoms with van der Waals surface area (Å²) in [5.41, 5.74) is 2.53. The molecule has 0 N–H and O–H groups in total. The van der Waals surface area contributed by atoms with Crippen LogP contribution in [0.5, 0.6) is 0 Å². The lowest BCUT2D eigenvalue weighted by atomic mass is 9.99. The van der Waals surface area contributed by atoms with E-state index in [1.165, 1.54) is 24.4 Å². The summed E-state index contributed by atoms with van der Waals surface area (Å²) < 4.78 is 82.7. The van der Waals surface area contributed by atoms with Gasteiger partial charge in [0.25, 0.3) is 0 Å². The van der Waals surface area contributed by atoms with Crippen molar-refractivity contribution >= 4 is 57.3 Å². The van der Waals surface area contributed by atoms with Crippen LogP contribution in [0.3, 0.4) is 0 Å². The van der Waals surface area contributed by atoms with Gasteiger partial charge in [-0.25, -0.2) is 4.98 Å². The quantitative estimate of drug-likeness (QED) is 0.0940. The van der Waals surface area contributed by atoms with Crippen molar-refractivity contribution in [3.63, 3.8) is 0 Å². The van der Waals surface area contributed by atoms with Crippen LogP contribution < -0.4 is 0 Å². The molecule has 0 unspecified atom stereocenters. The summed E-state index contributed by atoms with van der Waals surface area (Å²) in [5.74, 6) is 0. The predicted molar refractivity (Wildman–Crippen MR) is 185 cm³/mol. The van der Waals surface area contributed by atoms with Crippen LogP contribution in [-0.4, -0.2) is 27.6 Å². The molecule has 244 valence electrons. The second-order valence-electron chi connectivity index (χ2n) is 10.8. The van der Waals surface area contributed by atoms with E-state index in [2.05, 4.69) is 42.6 Å². The molecule has 3 aromatic carbocycles. The summed E-state index contributed by atoms with van der Waals surface area (Å²) in [6.07, 6.45) is -7.77. The molecule has 0 aliphatic heterocycles. The van der Waals surface area contributed by atoms with Gasteiger partial charge in [0.05, 0.1) is 62.9 Å². The number of benzene rings is 3. The van der Waals surface area contributed by atoms with E-state index in [1.807, 2.05) is 24.3 Å². The van der Waals surface area contributed by atoms with Crippen LogP contribution >= 0.6 is 22.6 Å². The molecule has 0 aliphatic rings. The zero-order valence-electron chi connectivity index (χ0n) is 25.7. The van der Waals surface area contributed by atoms with Crippen LogP contribution in [0.4, 0.5) is 43.4 Å². The average Bonchev–Trinajstić information content (AvgIpc) is 3.04. The molecule has 0 saturated heterocycles. The lowest BCUT2D eigenvalue weighted by molar-refractivity contribution is -0.138. The number of nitrogens with zero attached hydrogens (tertiary/aromatic N) is 5. The van der Waals surface area contributed by atoms with Crippen LogP contribution in [0.25, 0.3) is 11.1 Å². The minimum absolute atomic E-state index is 0.0578. The molecular weight excluding hydrogens is 743 g/mol. The van der Waals surface area contributed by atoms with E-state index in [4.69, 9.17) is 4.98 Å². The van der Waals surface area contributed by atoms with Crippen LogP contribution in [0, 0.1) is 10.5 Å². The van der Waals surface area contributed by atoms with E-state index in [0.717, 1.165) is 33.5 Å². The third-order valence-corrected chi connectivity index (χ3v) is 7.73. The Balaban J connectivity index is 1.64. The smallest absolute Gasteiger partial charge is 0.255 e. The standard InChI is InChI=1S/C36H26F6IN5/c1-21-5-4-6-31(45-21)20-44-32-16-24(15-27(19-32)36(40,41)42)25-17-33(22(2)46-29-11-7-26(8-12-29)35(37,38)39)48-34(18-25)23(3)47-30-13-9-28(43)10-14-30/h4-20H,1-3H3. The second kappa shape index (κ2) is 14.2. The number of hydrogen-bond acceptors (Lipinski definition) is 5. The molecule has 2 aromatic heterocycles. The maximum absolute atomic E-state index is 14.1. The number of rotatable bonds is 7. The highest BCUT2D eigenvalue weighted by Gasteiger charge is 2.32. The van der Waals surface area contributed by atoms with Crippen molar-refractivity contribution in [2.75, 3.05) is 0 Å². The molecule has 5 rings (SSSR count). The topological polar surface area (TPSA) is 62.9 Å². The summed E-state index contributed by atoms with van der Waals surface area (Å²) in [5, 5.41) is 0. The number of aryl methyl sites for hydroxylation is 1. The first kappa shape index (κ1) is 34.6. The fraction of sp³-hybridized carbons (Fsp3) is 0.139. The molecule has 2 heterocycles. The van der Waals surface area contributed by atoms with Gasteiger partial charge in [0.1, 0.15) is 0 Å². The van der Waals surface area contributed by atoms with Gasteiger partial charge in [-0.2, -0.15) is 26.3 Å². The fourth-order valence-electron chi connectivity index (χ4n) is 4.60.